The quantitative estimate of drug-likeness (QED) is 0.0320. The Labute approximate surface area is 463 Å². The van der Waals surface area contributed by atoms with Crippen LogP contribution in [0.2, 0.25) is 0 Å². The van der Waals surface area contributed by atoms with Gasteiger partial charge in [-0.3, -0.25) is 9.59 Å². The predicted octanol–water partition coefficient (Wildman–Crippen LogP) is 21.6. The fourth-order valence-electron chi connectivity index (χ4n) is 10.9. The summed E-state index contributed by atoms with van der Waals surface area (Å²) >= 11 is 0. The monoisotopic (exact) mass is 1040 g/mol. The van der Waals surface area contributed by atoms with Gasteiger partial charge >= 0.3 is 5.97 Å². The predicted molar refractivity (Wildman–Crippen MR) is 324 cm³/mol. The first-order chi connectivity index (χ1) is 36.5. The minimum atomic E-state index is -0.846. The van der Waals surface area contributed by atoms with E-state index in [9.17, 15) is 19.8 Å². The summed E-state index contributed by atoms with van der Waals surface area (Å²) < 4.78 is 5.49. The number of esters is 1. The van der Waals surface area contributed by atoms with Gasteiger partial charge in [0.15, 0.2) is 0 Å². The molecule has 0 radical (unpaired) electrons. The molecule has 440 valence electrons. The molecule has 0 aliphatic heterocycles. The smallest absolute Gasteiger partial charge is 0.305 e. The van der Waals surface area contributed by atoms with E-state index in [1.165, 1.54) is 321 Å². The molecule has 0 saturated carbocycles. The van der Waals surface area contributed by atoms with Crippen molar-refractivity contribution in [1.29, 1.82) is 0 Å². The second-order valence-corrected chi connectivity index (χ2v) is 23.5. The highest BCUT2D eigenvalue weighted by molar-refractivity contribution is 5.76. The third-order valence-corrected chi connectivity index (χ3v) is 16.1. The lowest BCUT2D eigenvalue weighted by atomic mass is 10.0. The Hall–Kier alpha value is -1.40. The number of ether oxygens (including phenoxy) is 1. The molecular weight excluding hydrogens is 911 g/mol. The van der Waals surface area contributed by atoms with Crippen LogP contribution in [0.15, 0.2) is 12.2 Å². The summed E-state index contributed by atoms with van der Waals surface area (Å²) in [7, 11) is 0. The van der Waals surface area contributed by atoms with Crippen LogP contribution in [0.3, 0.4) is 0 Å². The van der Waals surface area contributed by atoms with E-state index in [0.29, 0.717) is 19.4 Å². The average Bonchev–Trinajstić information content (AvgIpc) is 3.40. The van der Waals surface area contributed by atoms with Crippen molar-refractivity contribution in [3.63, 3.8) is 0 Å². The molecule has 6 nitrogen and oxygen atoms in total. The van der Waals surface area contributed by atoms with Gasteiger partial charge in [-0.2, -0.15) is 0 Å². The molecule has 0 bridgehead atoms. The van der Waals surface area contributed by atoms with Crippen LogP contribution < -0.4 is 5.32 Å². The number of hydrogen-bond donors (Lipinski definition) is 3. The number of aliphatic hydroxyl groups excluding tert-OH is 2. The number of hydrogen-bond acceptors (Lipinski definition) is 5. The molecule has 0 aromatic heterocycles. The molecule has 3 N–H and O–H groups in total. The van der Waals surface area contributed by atoms with Crippen molar-refractivity contribution in [1.82, 2.24) is 5.32 Å². The molecule has 0 rings (SSSR count). The first-order valence-corrected chi connectivity index (χ1v) is 34.0. The van der Waals surface area contributed by atoms with Gasteiger partial charge in [0, 0.05) is 12.8 Å². The van der Waals surface area contributed by atoms with Crippen molar-refractivity contribution < 1.29 is 24.5 Å². The van der Waals surface area contributed by atoms with Crippen LogP contribution in [-0.2, 0) is 14.3 Å². The van der Waals surface area contributed by atoms with Gasteiger partial charge in [0.05, 0.1) is 25.4 Å². The van der Waals surface area contributed by atoms with Crippen LogP contribution in [-0.4, -0.2) is 47.4 Å². The van der Waals surface area contributed by atoms with Gasteiger partial charge in [0.25, 0.3) is 0 Å². The minimum Gasteiger partial charge on any atom is -0.466 e. The molecule has 0 aliphatic rings. The summed E-state index contributed by atoms with van der Waals surface area (Å²) in [5, 5.41) is 23.2. The van der Waals surface area contributed by atoms with Crippen molar-refractivity contribution in [3.8, 4) is 0 Å². The molecule has 2 atom stereocenters. The summed E-state index contributed by atoms with van der Waals surface area (Å²) in [6.07, 6.45) is 78.4. The summed E-state index contributed by atoms with van der Waals surface area (Å²) in [6.45, 7) is 4.94. The lowest BCUT2D eigenvalue weighted by Crippen LogP contribution is -2.45. The molecule has 0 aromatic rings. The van der Waals surface area contributed by atoms with Crippen molar-refractivity contribution in [2.45, 2.75) is 398 Å². The Balaban J connectivity index is 3.41. The lowest BCUT2D eigenvalue weighted by molar-refractivity contribution is -0.143. The maximum Gasteiger partial charge on any atom is 0.305 e. The molecule has 0 aliphatic carbocycles. The van der Waals surface area contributed by atoms with E-state index in [1.807, 2.05) is 6.08 Å². The molecule has 74 heavy (non-hydrogen) atoms. The van der Waals surface area contributed by atoms with Crippen LogP contribution in [0.4, 0.5) is 0 Å². The zero-order valence-electron chi connectivity index (χ0n) is 50.4. The fraction of sp³-hybridized carbons (Fsp3) is 0.941. The van der Waals surface area contributed by atoms with Crippen molar-refractivity contribution in [3.05, 3.63) is 12.2 Å². The van der Waals surface area contributed by atoms with E-state index < -0.39 is 12.1 Å². The first kappa shape index (κ1) is 72.6. The Kier molecular flexibility index (Phi) is 62.9. The molecule has 0 spiro atoms. The Morgan fingerprint density at radius 3 is 0.919 bits per heavy atom. The standard InChI is InChI=1S/C68H133NO5/c1-3-5-7-9-11-13-15-17-19-20-21-22-23-26-29-33-36-40-44-48-52-56-60-66(71)65(64-70)69-67(72)61-57-53-49-45-41-37-34-30-27-24-25-28-31-35-39-43-47-51-55-59-63-74-68(73)62-58-54-50-46-42-38-32-18-16-14-12-10-8-6-4-2/h56,60,65-66,70-71H,3-55,57-59,61-64H2,1-2H3,(H,69,72)/b60-56+. The fourth-order valence-corrected chi connectivity index (χ4v) is 10.9. The number of aliphatic hydroxyl groups is 2. The van der Waals surface area contributed by atoms with Crippen molar-refractivity contribution in [2.24, 2.45) is 0 Å². The number of carbonyl (C=O) groups excluding carboxylic acids is 2. The number of carbonyl (C=O) groups is 2. The van der Waals surface area contributed by atoms with E-state index in [0.717, 1.165) is 38.5 Å². The molecule has 6 heteroatoms. The number of amides is 1. The van der Waals surface area contributed by atoms with Gasteiger partial charge in [0.2, 0.25) is 5.91 Å². The molecule has 0 saturated heterocycles. The largest absolute Gasteiger partial charge is 0.466 e. The number of allylic oxidation sites excluding steroid dienone is 1. The zero-order chi connectivity index (χ0) is 53.6. The zero-order valence-corrected chi connectivity index (χ0v) is 50.4. The second kappa shape index (κ2) is 64.1. The van der Waals surface area contributed by atoms with Gasteiger partial charge in [-0.1, -0.05) is 353 Å². The molecule has 1 amide bonds. The number of unbranched alkanes of at least 4 members (excludes halogenated alkanes) is 53. The van der Waals surface area contributed by atoms with E-state index in [-0.39, 0.29) is 18.5 Å². The Bertz CT molecular complexity index is 1110. The van der Waals surface area contributed by atoms with Crippen LogP contribution in [0, 0.1) is 0 Å². The first-order valence-electron chi connectivity index (χ1n) is 34.0. The van der Waals surface area contributed by atoms with Gasteiger partial charge in [-0.05, 0) is 32.1 Å². The van der Waals surface area contributed by atoms with Crippen molar-refractivity contribution >= 4 is 11.9 Å². The highest BCUT2D eigenvalue weighted by Gasteiger charge is 2.18. The second-order valence-electron chi connectivity index (χ2n) is 23.5. The van der Waals surface area contributed by atoms with Gasteiger partial charge in [-0.15, -0.1) is 0 Å². The molecule has 0 fully saturated rings. The maximum atomic E-state index is 12.5. The Morgan fingerprint density at radius 2 is 0.622 bits per heavy atom. The van der Waals surface area contributed by atoms with Crippen LogP contribution in [0.25, 0.3) is 0 Å². The Morgan fingerprint density at radius 1 is 0.365 bits per heavy atom. The van der Waals surface area contributed by atoms with Crippen LogP contribution in [0.1, 0.15) is 386 Å². The van der Waals surface area contributed by atoms with E-state index in [2.05, 4.69) is 19.2 Å². The van der Waals surface area contributed by atoms with Gasteiger partial charge in [-0.25, -0.2) is 0 Å². The molecular formula is C68H133NO5. The average molecular weight is 1040 g/mol. The minimum absolute atomic E-state index is 0.0140. The molecule has 2 unspecified atom stereocenters. The van der Waals surface area contributed by atoms with E-state index in [4.69, 9.17) is 4.74 Å². The summed E-state index contributed by atoms with van der Waals surface area (Å²) in [6, 6.07) is -0.630. The van der Waals surface area contributed by atoms with Crippen LogP contribution >= 0.6 is 0 Å². The van der Waals surface area contributed by atoms with Gasteiger partial charge < -0.3 is 20.3 Å². The summed E-state index contributed by atoms with van der Waals surface area (Å²) in [4.78, 5) is 24.6. The molecule has 0 heterocycles. The van der Waals surface area contributed by atoms with Gasteiger partial charge in [0.1, 0.15) is 0 Å². The third kappa shape index (κ3) is 59.8. The number of nitrogens with one attached hydrogen (secondary N) is 1. The third-order valence-electron chi connectivity index (χ3n) is 16.1. The van der Waals surface area contributed by atoms with Crippen molar-refractivity contribution in [2.75, 3.05) is 13.2 Å². The maximum absolute atomic E-state index is 12.5. The SMILES string of the molecule is CCCCCCCCCCCCCCCCCCCCCC/C=C/C(O)C(CO)NC(=O)CCCCCCCCCCCCCCCCCCCCCCOC(=O)CCCCCCCCCCCCCCCCC. The lowest BCUT2D eigenvalue weighted by Gasteiger charge is -2.20. The van der Waals surface area contributed by atoms with Crippen LogP contribution in [0.5, 0.6) is 0 Å². The topological polar surface area (TPSA) is 95.9 Å². The highest BCUT2D eigenvalue weighted by atomic mass is 16.5. The van der Waals surface area contributed by atoms with E-state index in [1.54, 1.807) is 6.08 Å². The van der Waals surface area contributed by atoms with E-state index >= 15 is 0 Å². The number of rotatable bonds is 64. The highest BCUT2D eigenvalue weighted by Crippen LogP contribution is 2.19. The summed E-state index contributed by atoms with van der Waals surface area (Å²) in [5.74, 6) is -0.0512. The normalized spacial score (nSPS) is 12.5. The summed E-state index contributed by atoms with van der Waals surface area (Å²) in [5.41, 5.74) is 0. The molecule has 0 aromatic carbocycles.